The van der Waals surface area contributed by atoms with Crippen molar-refractivity contribution in [3.8, 4) is 0 Å². The minimum atomic E-state index is 0. The summed E-state index contributed by atoms with van der Waals surface area (Å²) in [6, 6.07) is 0. The van der Waals surface area contributed by atoms with E-state index in [0.29, 0.717) is 0 Å². The quantitative estimate of drug-likeness (QED) is 0.347. The number of rotatable bonds is 0. The van der Waals surface area contributed by atoms with Gasteiger partial charge in [0.05, 0.1) is 0 Å². The Morgan fingerprint density at radius 2 is 1.00 bits per heavy atom. The van der Waals surface area contributed by atoms with Crippen LogP contribution >= 0.6 is 0 Å². The molecule has 0 fully saturated rings. The predicted octanol–water partition coefficient (Wildman–Crippen LogP) is -1.26. The van der Waals surface area contributed by atoms with Gasteiger partial charge >= 0.3 is 10.1 Å². The molecule has 0 amide bonds. The molecule has 0 aliphatic heterocycles. The predicted molar refractivity (Wildman–Crippen MR) is 17.9 cm³/mol. The van der Waals surface area contributed by atoms with Crippen LogP contribution in [0.5, 0.6) is 0 Å². The summed E-state index contributed by atoms with van der Waals surface area (Å²) in [5.41, 5.74) is 0. The molecule has 0 aromatic heterocycles. The zero-order valence-corrected chi connectivity index (χ0v) is 4.91. The van der Waals surface area contributed by atoms with Crippen molar-refractivity contribution in [1.29, 1.82) is 0 Å². The summed E-state index contributed by atoms with van der Waals surface area (Å²) < 4.78 is 8.06. The SMILES string of the molecule is O=[Si].[Si].[Si]. The Morgan fingerprint density at radius 1 is 1.00 bits per heavy atom. The van der Waals surface area contributed by atoms with Gasteiger partial charge in [0.15, 0.2) is 0 Å². The maximum Gasteiger partial charge on any atom is 0.381 e. The summed E-state index contributed by atoms with van der Waals surface area (Å²) >= 11 is 0. The Hall–Kier alpha value is 0.451. The first-order chi connectivity index (χ1) is 1.00. The van der Waals surface area contributed by atoms with Gasteiger partial charge in [0.25, 0.3) is 0 Å². The standard InChI is InChI=1S/OSi.2Si/c1-2;;. The van der Waals surface area contributed by atoms with Crippen LogP contribution in [-0.2, 0) is 4.46 Å². The van der Waals surface area contributed by atoms with Crippen molar-refractivity contribution in [3.05, 3.63) is 0 Å². The van der Waals surface area contributed by atoms with E-state index in [2.05, 4.69) is 0 Å². The second kappa shape index (κ2) is 102. The fraction of sp³-hybridized carbons (Fsp3) is 0. The van der Waals surface area contributed by atoms with Crippen molar-refractivity contribution >= 4 is 32.1 Å². The Morgan fingerprint density at radius 3 is 1.00 bits per heavy atom. The molecular weight excluding hydrogens is 100 g/mol. The summed E-state index contributed by atoms with van der Waals surface area (Å²) in [6.45, 7) is 0. The van der Waals surface area contributed by atoms with Gasteiger partial charge in [0.2, 0.25) is 0 Å². The lowest BCUT2D eigenvalue weighted by molar-refractivity contribution is 0.590. The summed E-state index contributed by atoms with van der Waals surface area (Å²) in [7, 11) is 1.72. The van der Waals surface area contributed by atoms with Gasteiger partial charge in [0, 0.05) is 21.9 Å². The van der Waals surface area contributed by atoms with Crippen LogP contribution in [0.2, 0.25) is 0 Å². The van der Waals surface area contributed by atoms with Crippen molar-refractivity contribution in [2.45, 2.75) is 0 Å². The van der Waals surface area contributed by atoms with Gasteiger partial charge in [-0.3, -0.25) is 0 Å². The maximum atomic E-state index is 8.06. The zero-order chi connectivity index (χ0) is 2.00. The first-order valence-electron chi connectivity index (χ1n) is 0.204. The van der Waals surface area contributed by atoms with E-state index in [1.807, 2.05) is 0 Å². The highest BCUT2D eigenvalue weighted by Gasteiger charge is 0.803. The van der Waals surface area contributed by atoms with Crippen LogP contribution in [0, 0.1) is 0 Å². The van der Waals surface area contributed by atoms with Crippen LogP contribution in [0.4, 0.5) is 0 Å². The molecule has 0 aromatic carbocycles. The van der Waals surface area contributed by atoms with Crippen LogP contribution in [-0.4, -0.2) is 32.1 Å². The van der Waals surface area contributed by atoms with Gasteiger partial charge < -0.3 is 4.46 Å². The molecule has 0 aromatic rings. The highest BCUT2D eigenvalue weighted by molar-refractivity contribution is 5.85. The van der Waals surface area contributed by atoms with Gasteiger partial charge in [-0.1, -0.05) is 0 Å². The molecule has 0 atom stereocenters. The van der Waals surface area contributed by atoms with Gasteiger partial charge in [-0.15, -0.1) is 0 Å². The summed E-state index contributed by atoms with van der Waals surface area (Å²) in [5, 5.41) is 0. The molecule has 4 heteroatoms. The number of hydrogen-bond acceptors (Lipinski definition) is 1. The van der Waals surface area contributed by atoms with E-state index in [0.717, 1.165) is 0 Å². The zero-order valence-electron chi connectivity index (χ0n) is 1.91. The van der Waals surface area contributed by atoms with Crippen LogP contribution in [0.3, 0.4) is 0 Å². The van der Waals surface area contributed by atoms with Crippen molar-refractivity contribution < 1.29 is 4.46 Å². The van der Waals surface area contributed by atoms with Crippen LogP contribution in [0.15, 0.2) is 0 Å². The normalized spacial score (nSPS) is 1.00. The Labute approximate surface area is 37.3 Å². The van der Waals surface area contributed by atoms with Crippen LogP contribution in [0.1, 0.15) is 0 Å². The fourth-order valence-corrected chi connectivity index (χ4v) is 0. The van der Waals surface area contributed by atoms with Crippen molar-refractivity contribution in [2.75, 3.05) is 0 Å². The summed E-state index contributed by atoms with van der Waals surface area (Å²) in [4.78, 5) is 0. The first kappa shape index (κ1) is 25.2. The van der Waals surface area contributed by atoms with Gasteiger partial charge in [-0.05, 0) is 0 Å². The molecule has 0 aliphatic carbocycles. The Bertz CT molecular complexity index is 3.25. The molecule has 0 N–H and O–H groups in total. The van der Waals surface area contributed by atoms with Crippen molar-refractivity contribution in [1.82, 2.24) is 0 Å². The Kier molecular flexibility index (Phi) is 642. The number of hydrogen-bond donors (Lipinski definition) is 0. The summed E-state index contributed by atoms with van der Waals surface area (Å²) in [5.74, 6) is 0. The second-order valence-corrected chi connectivity index (χ2v) is 0. The maximum absolute atomic E-state index is 8.06. The van der Waals surface area contributed by atoms with Crippen LogP contribution in [0.25, 0.3) is 0 Å². The molecule has 4 heavy (non-hydrogen) atoms. The molecule has 0 saturated heterocycles. The average Bonchev–Trinajstić information content (AvgIpc) is 1.00. The molecule has 1 nitrogen and oxygen atoms in total. The topological polar surface area (TPSA) is 17.1 Å². The third kappa shape index (κ3) is 25.4. The van der Waals surface area contributed by atoms with E-state index in [1.165, 1.54) is 0 Å². The molecule has 0 rings (SSSR count). The lowest BCUT2D eigenvalue weighted by Gasteiger charge is -0.803. The van der Waals surface area contributed by atoms with Gasteiger partial charge in [-0.2, -0.15) is 0 Å². The molecule has 10 radical (unpaired) electrons. The van der Waals surface area contributed by atoms with Crippen molar-refractivity contribution in [3.63, 3.8) is 0 Å². The second-order valence-electron chi connectivity index (χ2n) is 0. The van der Waals surface area contributed by atoms with Gasteiger partial charge in [-0.25, -0.2) is 0 Å². The molecular formula is OSi3. The molecule has 0 unspecified atom stereocenters. The minimum Gasteiger partial charge on any atom is -0.381 e. The lowest BCUT2D eigenvalue weighted by atomic mass is 16.0. The largest absolute Gasteiger partial charge is 0.381 e. The van der Waals surface area contributed by atoms with E-state index in [1.54, 1.807) is 10.1 Å². The fourth-order valence-electron chi connectivity index (χ4n) is 0. The van der Waals surface area contributed by atoms with E-state index in [9.17, 15) is 0 Å². The monoisotopic (exact) mass is 99.9 g/mol. The lowest BCUT2D eigenvalue weighted by Crippen LogP contribution is -0.969. The first-order valence-corrected chi connectivity index (χ1v) is 0.612. The van der Waals surface area contributed by atoms with E-state index in [4.69, 9.17) is 4.46 Å². The average molecular weight is 100 g/mol. The molecule has 18 valence electrons. The van der Waals surface area contributed by atoms with E-state index in [-0.39, 0.29) is 21.9 Å². The van der Waals surface area contributed by atoms with Crippen LogP contribution < -0.4 is 0 Å². The van der Waals surface area contributed by atoms with Gasteiger partial charge in [0.1, 0.15) is 0 Å². The molecule has 0 spiro atoms. The van der Waals surface area contributed by atoms with Crippen molar-refractivity contribution in [2.24, 2.45) is 0 Å². The minimum absolute atomic E-state index is 0. The molecule has 0 aliphatic rings. The van der Waals surface area contributed by atoms with E-state index >= 15 is 0 Å². The summed E-state index contributed by atoms with van der Waals surface area (Å²) in [6.07, 6.45) is 0. The third-order valence-electron chi connectivity index (χ3n) is 0. The molecule has 0 saturated carbocycles. The van der Waals surface area contributed by atoms with E-state index < -0.39 is 0 Å². The highest BCUT2D eigenvalue weighted by Crippen LogP contribution is 0.469. The molecule has 0 bridgehead atoms. The molecule has 0 heterocycles. The highest BCUT2D eigenvalue weighted by atomic mass is 28.1. The Balaban J connectivity index is -0.00000000500. The smallest absolute Gasteiger partial charge is 0.381 e. The third-order valence-corrected chi connectivity index (χ3v) is 0.